The molecule has 0 bridgehead atoms. The van der Waals surface area contributed by atoms with Crippen LogP contribution in [0.2, 0.25) is 0 Å². The number of hydrogen-bond acceptors (Lipinski definition) is 5. The molecule has 0 aliphatic heterocycles. The first-order chi connectivity index (χ1) is 12.6. The van der Waals surface area contributed by atoms with Gasteiger partial charge in [0.25, 0.3) is 0 Å². The van der Waals surface area contributed by atoms with Gasteiger partial charge in [0.1, 0.15) is 0 Å². The number of thioether (sulfide) groups is 1. The lowest BCUT2D eigenvalue weighted by Gasteiger charge is -2.14. The number of amides is 1. The molecule has 0 unspecified atom stereocenters. The summed E-state index contributed by atoms with van der Waals surface area (Å²) in [7, 11) is 0. The minimum Gasteiger partial charge on any atom is -0.325 e. The van der Waals surface area contributed by atoms with Gasteiger partial charge in [0.05, 0.1) is 5.25 Å². The van der Waals surface area contributed by atoms with Crippen LogP contribution in [0.15, 0.2) is 53.9 Å². The van der Waals surface area contributed by atoms with E-state index in [0.717, 1.165) is 27.8 Å². The highest BCUT2D eigenvalue weighted by molar-refractivity contribution is 8.00. The van der Waals surface area contributed by atoms with Crippen molar-refractivity contribution in [3.05, 3.63) is 54.4 Å². The molecular weight excluding hydrogens is 346 g/mol. The van der Waals surface area contributed by atoms with Crippen molar-refractivity contribution >= 4 is 23.4 Å². The Morgan fingerprint density at radius 1 is 1.23 bits per heavy atom. The normalized spacial score (nSPS) is 12.0. The number of rotatable bonds is 6. The van der Waals surface area contributed by atoms with E-state index in [0.29, 0.717) is 6.54 Å². The van der Waals surface area contributed by atoms with Gasteiger partial charge in [-0.1, -0.05) is 30.0 Å². The van der Waals surface area contributed by atoms with Crippen LogP contribution in [0.4, 0.5) is 5.69 Å². The van der Waals surface area contributed by atoms with Crippen molar-refractivity contribution in [1.29, 1.82) is 0 Å². The van der Waals surface area contributed by atoms with Crippen LogP contribution in [0, 0.1) is 6.92 Å². The first-order valence-corrected chi connectivity index (χ1v) is 9.35. The lowest BCUT2D eigenvalue weighted by Crippen LogP contribution is -2.23. The van der Waals surface area contributed by atoms with Gasteiger partial charge in [-0.25, -0.2) is 0 Å². The highest BCUT2D eigenvalue weighted by Crippen LogP contribution is 2.27. The van der Waals surface area contributed by atoms with Crippen LogP contribution in [0.1, 0.15) is 19.4 Å². The fraction of sp³-hybridized carbons (Fsp3) is 0.263. The molecule has 7 heteroatoms. The Morgan fingerprint density at radius 3 is 2.73 bits per heavy atom. The molecular formula is C19H21N5OS. The molecule has 6 nitrogen and oxygen atoms in total. The van der Waals surface area contributed by atoms with Crippen LogP contribution < -0.4 is 5.32 Å². The first-order valence-electron chi connectivity index (χ1n) is 8.47. The number of para-hydroxylation sites is 1. The lowest BCUT2D eigenvalue weighted by atomic mass is 10.2. The molecule has 0 spiro atoms. The van der Waals surface area contributed by atoms with Gasteiger partial charge in [0.2, 0.25) is 5.91 Å². The number of nitrogens with zero attached hydrogens (tertiary/aromatic N) is 4. The monoisotopic (exact) mass is 367 g/mol. The summed E-state index contributed by atoms with van der Waals surface area (Å²) in [6.45, 7) is 6.59. The number of aryl methyl sites for hydroxylation is 1. The SMILES string of the molecule is CCn1c(S[C@H](C)C(=O)Nc2ccccc2C)nnc1-c1cccnc1. The quantitative estimate of drug-likeness (QED) is 0.671. The lowest BCUT2D eigenvalue weighted by molar-refractivity contribution is -0.115. The summed E-state index contributed by atoms with van der Waals surface area (Å²) in [5.41, 5.74) is 2.78. The van der Waals surface area contributed by atoms with Gasteiger partial charge >= 0.3 is 0 Å². The van der Waals surface area contributed by atoms with E-state index in [1.165, 1.54) is 11.8 Å². The van der Waals surface area contributed by atoms with E-state index in [2.05, 4.69) is 20.5 Å². The number of nitrogens with one attached hydrogen (secondary N) is 1. The summed E-state index contributed by atoms with van der Waals surface area (Å²) in [6.07, 6.45) is 3.49. The molecule has 26 heavy (non-hydrogen) atoms. The molecule has 0 aliphatic carbocycles. The van der Waals surface area contributed by atoms with Gasteiger partial charge in [-0.05, 0) is 44.5 Å². The molecule has 1 aromatic carbocycles. The molecule has 3 rings (SSSR count). The molecule has 0 saturated carbocycles. The zero-order chi connectivity index (χ0) is 18.5. The van der Waals surface area contributed by atoms with E-state index in [1.807, 2.05) is 61.7 Å². The van der Waals surface area contributed by atoms with Crippen molar-refractivity contribution in [3.8, 4) is 11.4 Å². The van der Waals surface area contributed by atoms with E-state index < -0.39 is 0 Å². The summed E-state index contributed by atoms with van der Waals surface area (Å²) in [4.78, 5) is 16.7. The van der Waals surface area contributed by atoms with Crippen molar-refractivity contribution < 1.29 is 4.79 Å². The Bertz CT molecular complexity index is 894. The summed E-state index contributed by atoms with van der Waals surface area (Å²) < 4.78 is 2.00. The maximum Gasteiger partial charge on any atom is 0.237 e. The first kappa shape index (κ1) is 18.1. The predicted octanol–water partition coefficient (Wildman–Crippen LogP) is 3.79. The average molecular weight is 367 g/mol. The second-order valence-corrected chi connectivity index (χ2v) is 7.16. The molecule has 1 atom stereocenters. The molecule has 1 N–H and O–H groups in total. The fourth-order valence-electron chi connectivity index (χ4n) is 2.53. The molecule has 0 radical (unpaired) electrons. The van der Waals surface area contributed by atoms with Crippen LogP contribution in [-0.4, -0.2) is 30.9 Å². The largest absolute Gasteiger partial charge is 0.325 e. The molecule has 0 saturated heterocycles. The van der Waals surface area contributed by atoms with Crippen molar-refractivity contribution in [2.45, 2.75) is 37.7 Å². The van der Waals surface area contributed by atoms with Gasteiger partial charge in [0, 0.05) is 30.2 Å². The van der Waals surface area contributed by atoms with Gasteiger partial charge < -0.3 is 9.88 Å². The van der Waals surface area contributed by atoms with Gasteiger partial charge in [-0.3, -0.25) is 9.78 Å². The summed E-state index contributed by atoms with van der Waals surface area (Å²) >= 11 is 1.40. The van der Waals surface area contributed by atoms with Crippen LogP contribution in [0.3, 0.4) is 0 Å². The van der Waals surface area contributed by atoms with Crippen LogP contribution in [0.25, 0.3) is 11.4 Å². The highest BCUT2D eigenvalue weighted by atomic mass is 32.2. The fourth-order valence-corrected chi connectivity index (χ4v) is 3.44. The topological polar surface area (TPSA) is 72.7 Å². The molecule has 134 valence electrons. The number of pyridine rings is 1. The van der Waals surface area contributed by atoms with E-state index in [4.69, 9.17) is 0 Å². The molecule has 2 aromatic heterocycles. The van der Waals surface area contributed by atoms with E-state index in [-0.39, 0.29) is 11.2 Å². The zero-order valence-electron chi connectivity index (χ0n) is 15.0. The second-order valence-electron chi connectivity index (χ2n) is 5.86. The minimum absolute atomic E-state index is 0.0575. The van der Waals surface area contributed by atoms with Crippen molar-refractivity contribution in [2.75, 3.05) is 5.32 Å². The van der Waals surface area contributed by atoms with Crippen molar-refractivity contribution in [1.82, 2.24) is 19.7 Å². The summed E-state index contributed by atoms with van der Waals surface area (Å²) in [5.74, 6) is 0.701. The Morgan fingerprint density at radius 2 is 2.04 bits per heavy atom. The Balaban J connectivity index is 1.75. The van der Waals surface area contributed by atoms with E-state index in [9.17, 15) is 4.79 Å². The number of carbonyl (C=O) groups is 1. The third-order valence-corrected chi connectivity index (χ3v) is 5.09. The molecule has 0 fully saturated rings. The van der Waals surface area contributed by atoms with Crippen molar-refractivity contribution in [2.24, 2.45) is 0 Å². The number of hydrogen-bond donors (Lipinski definition) is 1. The number of anilines is 1. The number of aromatic nitrogens is 4. The second kappa shape index (κ2) is 8.14. The summed E-state index contributed by atoms with van der Waals surface area (Å²) in [6, 6.07) is 11.6. The van der Waals surface area contributed by atoms with Gasteiger partial charge in [0.15, 0.2) is 11.0 Å². The third kappa shape index (κ3) is 3.94. The maximum absolute atomic E-state index is 12.5. The average Bonchev–Trinajstić information content (AvgIpc) is 3.06. The number of carbonyl (C=O) groups excluding carboxylic acids is 1. The molecule has 0 aliphatic rings. The minimum atomic E-state index is -0.300. The van der Waals surface area contributed by atoms with Crippen LogP contribution >= 0.6 is 11.8 Å². The van der Waals surface area contributed by atoms with Gasteiger partial charge in [-0.15, -0.1) is 10.2 Å². The summed E-state index contributed by atoms with van der Waals surface area (Å²) in [5, 5.41) is 12.0. The Labute approximate surface area is 157 Å². The smallest absolute Gasteiger partial charge is 0.237 e. The van der Waals surface area contributed by atoms with Crippen molar-refractivity contribution in [3.63, 3.8) is 0 Å². The van der Waals surface area contributed by atoms with E-state index >= 15 is 0 Å². The predicted molar refractivity (Wildman–Crippen MR) is 104 cm³/mol. The molecule has 2 heterocycles. The zero-order valence-corrected chi connectivity index (χ0v) is 15.8. The Hall–Kier alpha value is -2.67. The van der Waals surface area contributed by atoms with Gasteiger partial charge in [-0.2, -0.15) is 0 Å². The molecule has 1 amide bonds. The number of benzene rings is 1. The standard InChI is InChI=1S/C19H21N5OS/c1-4-24-17(15-9-7-11-20-12-15)22-23-19(24)26-14(3)18(25)21-16-10-6-5-8-13(16)2/h5-12,14H,4H2,1-3H3,(H,21,25)/t14-/m1/s1. The molecule has 3 aromatic rings. The maximum atomic E-state index is 12.5. The third-order valence-electron chi connectivity index (χ3n) is 4.01. The van der Waals surface area contributed by atoms with Crippen LogP contribution in [-0.2, 0) is 11.3 Å². The highest BCUT2D eigenvalue weighted by Gasteiger charge is 2.20. The van der Waals surface area contributed by atoms with E-state index in [1.54, 1.807) is 12.4 Å². The Kier molecular flexibility index (Phi) is 5.68. The van der Waals surface area contributed by atoms with Crippen LogP contribution in [0.5, 0.6) is 0 Å².